The molecule has 0 spiro atoms. The molecule has 28 heavy (non-hydrogen) atoms. The molecule has 0 fully saturated rings. The van der Waals surface area contributed by atoms with Gasteiger partial charge in [0.2, 0.25) is 5.91 Å². The van der Waals surface area contributed by atoms with E-state index in [1.807, 2.05) is 50.5 Å². The van der Waals surface area contributed by atoms with Crippen LogP contribution in [0.25, 0.3) is 11.1 Å². The first-order valence-electron chi connectivity index (χ1n) is 9.08. The number of anilines is 2. The molecule has 4 rings (SSSR count). The summed E-state index contributed by atoms with van der Waals surface area (Å²) in [5, 5.41) is 4.18. The molecular weight excluding hydrogens is 354 g/mol. The van der Waals surface area contributed by atoms with Crippen molar-refractivity contribution in [2.24, 2.45) is 13.0 Å². The number of fused-ring (bicyclic) bond motifs is 1. The Kier molecular flexibility index (Phi) is 4.43. The number of hydrogen-bond acceptors (Lipinski definition) is 4. The van der Waals surface area contributed by atoms with E-state index < -0.39 is 0 Å². The molecule has 7 heteroatoms. The third-order valence-corrected chi connectivity index (χ3v) is 5.01. The minimum Gasteiger partial charge on any atom is -0.313 e. The first-order valence-corrected chi connectivity index (χ1v) is 9.08. The van der Waals surface area contributed by atoms with Crippen LogP contribution in [0, 0.1) is 5.92 Å². The van der Waals surface area contributed by atoms with Gasteiger partial charge in [-0.15, -0.1) is 0 Å². The summed E-state index contributed by atoms with van der Waals surface area (Å²) in [6.07, 6.45) is 6.89. The second-order valence-corrected chi connectivity index (χ2v) is 7.07. The molecule has 7 nitrogen and oxygen atoms in total. The minimum atomic E-state index is -0.309. The molecule has 2 amide bonds. The average Bonchev–Trinajstić information content (AvgIpc) is 3.13. The third-order valence-electron chi connectivity index (χ3n) is 5.01. The van der Waals surface area contributed by atoms with Gasteiger partial charge in [0, 0.05) is 50.4 Å². The molecule has 0 saturated heterocycles. The van der Waals surface area contributed by atoms with Crippen molar-refractivity contribution in [3.05, 3.63) is 60.7 Å². The van der Waals surface area contributed by atoms with E-state index in [1.165, 1.54) is 0 Å². The van der Waals surface area contributed by atoms with Gasteiger partial charge in [0.15, 0.2) is 0 Å². The van der Waals surface area contributed by atoms with Gasteiger partial charge >= 0.3 is 0 Å². The van der Waals surface area contributed by atoms with Gasteiger partial charge in [-0.3, -0.25) is 19.3 Å². The maximum Gasteiger partial charge on any atom is 0.259 e. The van der Waals surface area contributed by atoms with E-state index >= 15 is 0 Å². The van der Waals surface area contributed by atoms with E-state index in [9.17, 15) is 9.59 Å². The number of benzene rings is 1. The van der Waals surface area contributed by atoms with Gasteiger partial charge in [-0.1, -0.05) is 19.1 Å². The quantitative estimate of drug-likeness (QED) is 0.690. The lowest BCUT2D eigenvalue weighted by atomic mass is 10.1. The zero-order valence-corrected chi connectivity index (χ0v) is 16.0. The SMILES string of the molecule is CC1CN(C(=O)c2cncc(-c3cnn(C)c3)c2)c2ccccc2N(C)C1=O. The van der Waals surface area contributed by atoms with Gasteiger partial charge in [0.05, 0.1) is 29.1 Å². The lowest BCUT2D eigenvalue weighted by molar-refractivity contribution is -0.121. The topological polar surface area (TPSA) is 71.3 Å². The fraction of sp³-hybridized carbons (Fsp3) is 0.238. The van der Waals surface area contributed by atoms with Crippen LogP contribution in [0.3, 0.4) is 0 Å². The van der Waals surface area contributed by atoms with Crippen molar-refractivity contribution in [1.29, 1.82) is 0 Å². The van der Waals surface area contributed by atoms with Crippen LogP contribution >= 0.6 is 0 Å². The van der Waals surface area contributed by atoms with Crippen molar-refractivity contribution in [3.63, 3.8) is 0 Å². The Morgan fingerprint density at radius 3 is 2.54 bits per heavy atom. The predicted octanol–water partition coefficient (Wildman–Crippen LogP) is 2.74. The maximum absolute atomic E-state index is 13.4. The second-order valence-electron chi connectivity index (χ2n) is 7.07. The molecule has 0 radical (unpaired) electrons. The molecule has 1 aliphatic heterocycles. The Hall–Kier alpha value is -3.48. The highest BCUT2D eigenvalue weighted by atomic mass is 16.2. The number of para-hydroxylation sites is 2. The molecule has 1 aromatic carbocycles. The normalized spacial score (nSPS) is 16.7. The number of rotatable bonds is 2. The molecule has 0 aliphatic carbocycles. The number of hydrogen-bond donors (Lipinski definition) is 0. The van der Waals surface area contributed by atoms with Crippen LogP contribution in [0.4, 0.5) is 11.4 Å². The summed E-state index contributed by atoms with van der Waals surface area (Å²) in [7, 11) is 3.59. The molecule has 142 valence electrons. The summed E-state index contributed by atoms with van der Waals surface area (Å²) >= 11 is 0. The van der Waals surface area contributed by atoms with Crippen molar-refractivity contribution < 1.29 is 9.59 Å². The van der Waals surface area contributed by atoms with Crippen molar-refractivity contribution in [3.8, 4) is 11.1 Å². The largest absolute Gasteiger partial charge is 0.313 e. The highest BCUT2D eigenvalue weighted by Gasteiger charge is 2.32. The molecule has 1 atom stereocenters. The number of aromatic nitrogens is 3. The molecule has 2 aromatic heterocycles. The number of aryl methyl sites for hydroxylation is 1. The molecule has 0 saturated carbocycles. The fourth-order valence-corrected chi connectivity index (χ4v) is 3.51. The lowest BCUT2D eigenvalue weighted by Crippen LogP contribution is -2.37. The summed E-state index contributed by atoms with van der Waals surface area (Å²) in [5.74, 6) is -0.499. The zero-order chi connectivity index (χ0) is 19.8. The Morgan fingerprint density at radius 2 is 1.82 bits per heavy atom. The number of pyridine rings is 1. The molecule has 1 aliphatic rings. The highest BCUT2D eigenvalue weighted by molar-refractivity contribution is 6.11. The highest BCUT2D eigenvalue weighted by Crippen LogP contribution is 2.34. The summed E-state index contributed by atoms with van der Waals surface area (Å²) in [4.78, 5) is 33.6. The van der Waals surface area contributed by atoms with Crippen LogP contribution in [0.5, 0.6) is 0 Å². The Balaban J connectivity index is 1.75. The average molecular weight is 375 g/mol. The van der Waals surface area contributed by atoms with Crippen LogP contribution in [0.1, 0.15) is 17.3 Å². The molecule has 0 bridgehead atoms. The molecular formula is C21H21N5O2. The number of amides is 2. The van der Waals surface area contributed by atoms with Gasteiger partial charge in [-0.05, 0) is 18.2 Å². The molecule has 3 aromatic rings. The Bertz CT molecular complexity index is 1060. The van der Waals surface area contributed by atoms with Gasteiger partial charge in [-0.2, -0.15) is 5.10 Å². The van der Waals surface area contributed by atoms with Gasteiger partial charge in [0.1, 0.15) is 0 Å². The third kappa shape index (κ3) is 3.05. The van der Waals surface area contributed by atoms with Crippen LogP contribution in [-0.2, 0) is 11.8 Å². The Morgan fingerprint density at radius 1 is 1.07 bits per heavy atom. The van der Waals surface area contributed by atoms with Crippen LogP contribution in [-0.4, -0.2) is 40.2 Å². The predicted molar refractivity (Wildman–Crippen MR) is 107 cm³/mol. The van der Waals surface area contributed by atoms with E-state index in [1.54, 1.807) is 40.1 Å². The second kappa shape index (κ2) is 6.92. The standard InChI is InChI=1S/C21H21N5O2/c1-14-12-26(19-7-5-4-6-18(19)25(3)20(14)27)21(28)16-8-15(9-22-10-16)17-11-23-24(2)13-17/h4-11,13-14H,12H2,1-3H3. The molecule has 0 N–H and O–H groups in total. The van der Waals surface area contributed by atoms with E-state index in [4.69, 9.17) is 0 Å². The number of nitrogens with zero attached hydrogens (tertiary/aromatic N) is 5. The van der Waals surface area contributed by atoms with Crippen molar-refractivity contribution in [2.75, 3.05) is 23.4 Å². The minimum absolute atomic E-state index is 0.00927. The number of carbonyl (C=O) groups excluding carboxylic acids is 2. The van der Waals surface area contributed by atoms with Crippen molar-refractivity contribution >= 4 is 23.2 Å². The summed E-state index contributed by atoms with van der Waals surface area (Å²) < 4.78 is 1.71. The van der Waals surface area contributed by atoms with Gasteiger partial charge in [0.25, 0.3) is 5.91 Å². The lowest BCUT2D eigenvalue weighted by Gasteiger charge is -2.24. The van der Waals surface area contributed by atoms with Crippen LogP contribution in [0.2, 0.25) is 0 Å². The smallest absolute Gasteiger partial charge is 0.259 e. The van der Waals surface area contributed by atoms with Crippen molar-refractivity contribution in [2.45, 2.75) is 6.92 Å². The van der Waals surface area contributed by atoms with Gasteiger partial charge < -0.3 is 9.80 Å². The van der Waals surface area contributed by atoms with Crippen LogP contribution in [0.15, 0.2) is 55.1 Å². The first-order chi connectivity index (χ1) is 13.5. The molecule has 1 unspecified atom stereocenters. The van der Waals surface area contributed by atoms with E-state index in [0.29, 0.717) is 12.1 Å². The van der Waals surface area contributed by atoms with Gasteiger partial charge in [-0.25, -0.2) is 0 Å². The molecule has 3 heterocycles. The summed E-state index contributed by atoms with van der Waals surface area (Å²) in [6.45, 7) is 2.16. The fourth-order valence-electron chi connectivity index (χ4n) is 3.51. The number of carbonyl (C=O) groups is 2. The first kappa shape index (κ1) is 17.9. The summed E-state index contributed by atoms with van der Waals surface area (Å²) in [6, 6.07) is 9.28. The maximum atomic E-state index is 13.4. The summed E-state index contributed by atoms with van der Waals surface area (Å²) in [5.41, 5.74) is 3.63. The van der Waals surface area contributed by atoms with Crippen LogP contribution < -0.4 is 9.80 Å². The van der Waals surface area contributed by atoms with Crippen molar-refractivity contribution in [1.82, 2.24) is 14.8 Å². The Labute approximate surface area is 163 Å². The van der Waals surface area contributed by atoms with E-state index in [0.717, 1.165) is 22.5 Å². The monoisotopic (exact) mass is 375 g/mol. The van der Waals surface area contributed by atoms with E-state index in [-0.39, 0.29) is 17.7 Å². The van der Waals surface area contributed by atoms with E-state index in [2.05, 4.69) is 10.1 Å². The zero-order valence-electron chi connectivity index (χ0n) is 16.0.